The van der Waals surface area contributed by atoms with Crippen molar-refractivity contribution >= 4 is 17.4 Å². The molecule has 2 N–H and O–H groups in total. The zero-order chi connectivity index (χ0) is 13.8. The van der Waals surface area contributed by atoms with Gasteiger partial charge in [0.25, 0.3) is 0 Å². The van der Waals surface area contributed by atoms with Crippen LogP contribution in [-0.4, -0.2) is 30.2 Å². The molecule has 102 valence electrons. The van der Waals surface area contributed by atoms with E-state index in [9.17, 15) is 19.3 Å². The van der Waals surface area contributed by atoms with Crippen molar-refractivity contribution in [3.8, 4) is 0 Å². The van der Waals surface area contributed by atoms with Crippen LogP contribution in [0.15, 0.2) is 18.2 Å². The number of nitrogens with zero attached hydrogens (tertiary/aromatic N) is 1. The van der Waals surface area contributed by atoms with E-state index in [1.54, 1.807) is 0 Å². The molecular formula is C11H12FN3O4. The minimum Gasteiger partial charge on any atom is -0.379 e. The Bertz CT molecular complexity index is 503. The summed E-state index contributed by atoms with van der Waals surface area (Å²) in [5.74, 6) is -0.944. The molecule has 1 unspecified atom stereocenters. The first kappa shape index (κ1) is 13.2. The summed E-state index contributed by atoms with van der Waals surface area (Å²) in [5, 5.41) is 15.6. The summed E-state index contributed by atoms with van der Waals surface area (Å²) in [7, 11) is 0. The smallest absolute Gasteiger partial charge is 0.319 e. The number of hydrogen-bond donors (Lipinski definition) is 2. The molecule has 1 fully saturated rings. The Hall–Kier alpha value is -2.22. The Morgan fingerprint density at radius 1 is 1.53 bits per heavy atom. The van der Waals surface area contributed by atoms with E-state index in [-0.39, 0.29) is 11.7 Å². The quantitative estimate of drug-likeness (QED) is 0.644. The number of urea groups is 1. The zero-order valence-electron chi connectivity index (χ0n) is 9.89. The van der Waals surface area contributed by atoms with Gasteiger partial charge in [-0.3, -0.25) is 10.1 Å². The highest BCUT2D eigenvalue weighted by molar-refractivity contribution is 5.89. The van der Waals surface area contributed by atoms with E-state index in [1.165, 1.54) is 6.07 Å². The van der Waals surface area contributed by atoms with Crippen LogP contribution in [0.25, 0.3) is 0 Å². The third kappa shape index (κ3) is 3.38. The number of halogens is 1. The molecule has 1 saturated heterocycles. The van der Waals surface area contributed by atoms with Gasteiger partial charge in [0.15, 0.2) is 0 Å². The van der Waals surface area contributed by atoms with E-state index in [1.807, 2.05) is 0 Å². The molecule has 2 amide bonds. The number of carbonyl (C=O) groups is 1. The lowest BCUT2D eigenvalue weighted by Gasteiger charge is -2.11. The van der Waals surface area contributed by atoms with Crippen LogP contribution >= 0.6 is 0 Å². The van der Waals surface area contributed by atoms with E-state index >= 15 is 0 Å². The molecule has 1 aliphatic rings. The van der Waals surface area contributed by atoms with Crippen molar-refractivity contribution in [2.75, 3.05) is 18.5 Å². The molecule has 1 aromatic carbocycles. The standard InChI is InChI=1S/C11H12FN3O4/c12-9-2-1-7(5-10(9)15(17)18)13-11(16)14-8-3-4-19-6-8/h1-2,5,8H,3-4,6H2,(H2,13,14,16). The maximum atomic E-state index is 13.1. The highest BCUT2D eigenvalue weighted by Gasteiger charge is 2.19. The number of carbonyl (C=O) groups excluding carboxylic acids is 1. The average molecular weight is 269 g/mol. The number of nitro groups is 1. The molecule has 0 saturated carbocycles. The highest BCUT2D eigenvalue weighted by atomic mass is 19.1. The fourth-order valence-corrected chi connectivity index (χ4v) is 1.73. The molecule has 0 radical (unpaired) electrons. The maximum Gasteiger partial charge on any atom is 0.319 e. The minimum atomic E-state index is -0.944. The molecule has 0 aromatic heterocycles. The second-order valence-corrected chi connectivity index (χ2v) is 4.08. The summed E-state index contributed by atoms with van der Waals surface area (Å²) >= 11 is 0. The number of nitrogens with one attached hydrogen (secondary N) is 2. The lowest BCUT2D eigenvalue weighted by Crippen LogP contribution is -2.38. The molecule has 0 spiro atoms. The Morgan fingerprint density at radius 2 is 2.32 bits per heavy atom. The Kier molecular flexibility index (Phi) is 3.91. The average Bonchev–Trinajstić information content (AvgIpc) is 2.84. The van der Waals surface area contributed by atoms with Crippen LogP contribution in [0, 0.1) is 15.9 Å². The van der Waals surface area contributed by atoms with E-state index in [4.69, 9.17) is 4.74 Å². The van der Waals surface area contributed by atoms with Crippen molar-refractivity contribution in [1.82, 2.24) is 5.32 Å². The molecule has 1 aliphatic heterocycles. The lowest BCUT2D eigenvalue weighted by molar-refractivity contribution is -0.387. The van der Waals surface area contributed by atoms with Crippen molar-refractivity contribution in [2.45, 2.75) is 12.5 Å². The summed E-state index contributed by atoms with van der Waals surface area (Å²) < 4.78 is 18.2. The van der Waals surface area contributed by atoms with Gasteiger partial charge in [0, 0.05) is 18.4 Å². The van der Waals surface area contributed by atoms with Gasteiger partial charge < -0.3 is 15.4 Å². The Balaban J connectivity index is 2.00. The first-order valence-corrected chi connectivity index (χ1v) is 5.65. The van der Waals surface area contributed by atoms with Gasteiger partial charge in [-0.15, -0.1) is 0 Å². The second-order valence-electron chi connectivity index (χ2n) is 4.08. The normalized spacial score (nSPS) is 18.1. The summed E-state index contributed by atoms with van der Waals surface area (Å²) in [4.78, 5) is 21.3. The predicted octanol–water partition coefficient (Wildman–Crippen LogP) is 1.64. The summed E-state index contributed by atoms with van der Waals surface area (Å²) in [6.07, 6.45) is 0.719. The number of rotatable bonds is 3. The van der Waals surface area contributed by atoms with Crippen molar-refractivity contribution in [2.24, 2.45) is 0 Å². The molecule has 2 rings (SSSR count). The number of nitro benzene ring substituents is 1. The second kappa shape index (κ2) is 5.61. The minimum absolute atomic E-state index is 0.0737. The first-order chi connectivity index (χ1) is 9.06. The summed E-state index contributed by atoms with van der Waals surface area (Å²) in [5.41, 5.74) is -0.522. The van der Waals surface area contributed by atoms with Gasteiger partial charge in [-0.2, -0.15) is 4.39 Å². The van der Waals surface area contributed by atoms with Gasteiger partial charge in [0.2, 0.25) is 5.82 Å². The number of amides is 2. The summed E-state index contributed by atoms with van der Waals surface area (Å²) in [6.45, 7) is 1.03. The van der Waals surface area contributed by atoms with E-state index in [2.05, 4.69) is 10.6 Å². The third-order valence-electron chi connectivity index (χ3n) is 2.67. The van der Waals surface area contributed by atoms with Gasteiger partial charge in [0.05, 0.1) is 17.6 Å². The van der Waals surface area contributed by atoms with E-state index in [0.29, 0.717) is 13.2 Å². The van der Waals surface area contributed by atoms with Gasteiger partial charge in [0.1, 0.15) is 0 Å². The number of anilines is 1. The molecule has 19 heavy (non-hydrogen) atoms. The first-order valence-electron chi connectivity index (χ1n) is 5.65. The van der Waals surface area contributed by atoms with Crippen LogP contribution in [-0.2, 0) is 4.74 Å². The Morgan fingerprint density at radius 3 is 2.95 bits per heavy atom. The maximum absolute atomic E-state index is 13.1. The molecule has 1 aromatic rings. The van der Waals surface area contributed by atoms with Crippen LogP contribution in [0.1, 0.15) is 6.42 Å². The third-order valence-corrected chi connectivity index (χ3v) is 2.67. The van der Waals surface area contributed by atoms with Crippen LogP contribution in [0.3, 0.4) is 0 Å². The van der Waals surface area contributed by atoms with Crippen molar-refractivity contribution in [1.29, 1.82) is 0 Å². The molecular weight excluding hydrogens is 257 g/mol. The van der Waals surface area contributed by atoms with Gasteiger partial charge >= 0.3 is 11.7 Å². The van der Waals surface area contributed by atoms with Gasteiger partial charge in [-0.05, 0) is 18.6 Å². The monoisotopic (exact) mass is 269 g/mol. The van der Waals surface area contributed by atoms with Crippen LogP contribution < -0.4 is 10.6 Å². The molecule has 1 atom stereocenters. The fourth-order valence-electron chi connectivity index (χ4n) is 1.73. The number of benzene rings is 1. The summed E-state index contributed by atoms with van der Waals surface area (Å²) in [6, 6.07) is 2.59. The van der Waals surface area contributed by atoms with Crippen molar-refractivity contribution in [3.05, 3.63) is 34.1 Å². The molecule has 0 aliphatic carbocycles. The molecule has 1 heterocycles. The van der Waals surface area contributed by atoms with Crippen LogP contribution in [0.4, 0.5) is 20.6 Å². The zero-order valence-corrected chi connectivity index (χ0v) is 9.89. The number of hydrogen-bond acceptors (Lipinski definition) is 4. The lowest BCUT2D eigenvalue weighted by atomic mass is 10.2. The Labute approximate surface area is 107 Å². The van der Waals surface area contributed by atoms with E-state index in [0.717, 1.165) is 18.6 Å². The predicted molar refractivity (Wildman–Crippen MR) is 64.4 cm³/mol. The highest BCUT2D eigenvalue weighted by Crippen LogP contribution is 2.21. The van der Waals surface area contributed by atoms with Crippen LogP contribution in [0.5, 0.6) is 0 Å². The molecule has 0 bridgehead atoms. The topological polar surface area (TPSA) is 93.5 Å². The van der Waals surface area contributed by atoms with E-state index < -0.39 is 22.5 Å². The number of ether oxygens (including phenoxy) is 1. The fraction of sp³-hybridized carbons (Fsp3) is 0.364. The van der Waals surface area contributed by atoms with Gasteiger partial charge in [-0.1, -0.05) is 0 Å². The molecule has 8 heteroatoms. The van der Waals surface area contributed by atoms with Crippen molar-refractivity contribution < 1.29 is 18.8 Å². The van der Waals surface area contributed by atoms with Crippen LogP contribution in [0.2, 0.25) is 0 Å². The largest absolute Gasteiger partial charge is 0.379 e. The molecule has 7 nitrogen and oxygen atoms in total. The van der Waals surface area contributed by atoms with Gasteiger partial charge in [-0.25, -0.2) is 4.79 Å². The van der Waals surface area contributed by atoms with Crippen molar-refractivity contribution in [3.63, 3.8) is 0 Å². The SMILES string of the molecule is O=C(Nc1ccc(F)c([N+](=O)[O-])c1)NC1CCOC1.